The lowest BCUT2D eigenvalue weighted by Gasteiger charge is -2.11. The first-order chi connectivity index (χ1) is 7.36. The SMILES string of the molecule is CCOc1ccc2ccccc2c1CBr. The second kappa shape index (κ2) is 4.67. The zero-order valence-electron chi connectivity index (χ0n) is 8.66. The standard InChI is InChI=1S/C13H13BrO/c1-2-15-13-8-7-10-5-3-4-6-11(10)12(13)9-14/h3-8H,2,9H2,1H3. The van der Waals surface area contributed by atoms with Crippen LogP contribution in [0.1, 0.15) is 12.5 Å². The summed E-state index contributed by atoms with van der Waals surface area (Å²) in [5.41, 5.74) is 1.23. The average Bonchev–Trinajstić information content (AvgIpc) is 2.29. The summed E-state index contributed by atoms with van der Waals surface area (Å²) in [4.78, 5) is 0. The molecule has 0 atom stereocenters. The van der Waals surface area contributed by atoms with Gasteiger partial charge in [-0.1, -0.05) is 46.3 Å². The number of benzene rings is 2. The molecule has 0 N–H and O–H groups in total. The van der Waals surface area contributed by atoms with Crippen LogP contribution in [0.25, 0.3) is 10.8 Å². The summed E-state index contributed by atoms with van der Waals surface area (Å²) in [5, 5.41) is 3.35. The highest BCUT2D eigenvalue weighted by Gasteiger charge is 2.06. The lowest BCUT2D eigenvalue weighted by atomic mass is 10.0. The van der Waals surface area contributed by atoms with Gasteiger partial charge in [-0.25, -0.2) is 0 Å². The van der Waals surface area contributed by atoms with E-state index in [1.165, 1.54) is 16.3 Å². The Kier molecular flexibility index (Phi) is 3.27. The fraction of sp³-hybridized carbons (Fsp3) is 0.231. The number of fused-ring (bicyclic) bond motifs is 1. The van der Waals surface area contributed by atoms with Crippen molar-refractivity contribution in [2.45, 2.75) is 12.3 Å². The van der Waals surface area contributed by atoms with Gasteiger partial charge in [-0.2, -0.15) is 0 Å². The summed E-state index contributed by atoms with van der Waals surface area (Å²) in [5.74, 6) is 0.980. The Morgan fingerprint density at radius 3 is 2.67 bits per heavy atom. The van der Waals surface area contributed by atoms with E-state index in [4.69, 9.17) is 4.74 Å². The average molecular weight is 265 g/mol. The highest BCUT2D eigenvalue weighted by atomic mass is 79.9. The van der Waals surface area contributed by atoms with Crippen LogP contribution in [0.3, 0.4) is 0 Å². The zero-order chi connectivity index (χ0) is 10.7. The molecule has 0 unspecified atom stereocenters. The van der Waals surface area contributed by atoms with E-state index in [0.717, 1.165) is 11.1 Å². The zero-order valence-corrected chi connectivity index (χ0v) is 10.3. The van der Waals surface area contributed by atoms with Gasteiger partial charge >= 0.3 is 0 Å². The molecule has 0 aromatic heterocycles. The molecule has 2 rings (SSSR count). The highest BCUT2D eigenvalue weighted by Crippen LogP contribution is 2.29. The van der Waals surface area contributed by atoms with Gasteiger partial charge in [0.15, 0.2) is 0 Å². The van der Waals surface area contributed by atoms with E-state index in [-0.39, 0.29) is 0 Å². The van der Waals surface area contributed by atoms with Gasteiger partial charge in [0.2, 0.25) is 0 Å². The fourth-order valence-electron chi connectivity index (χ4n) is 1.74. The maximum absolute atomic E-state index is 5.61. The summed E-state index contributed by atoms with van der Waals surface area (Å²) in [7, 11) is 0. The molecule has 2 aromatic rings. The van der Waals surface area contributed by atoms with Gasteiger partial charge in [0.05, 0.1) is 6.61 Å². The van der Waals surface area contributed by atoms with Crippen molar-refractivity contribution in [3.8, 4) is 5.75 Å². The summed E-state index contributed by atoms with van der Waals surface area (Å²) >= 11 is 3.52. The maximum atomic E-state index is 5.61. The van der Waals surface area contributed by atoms with Crippen molar-refractivity contribution < 1.29 is 4.74 Å². The van der Waals surface area contributed by atoms with E-state index < -0.39 is 0 Å². The third-order valence-corrected chi connectivity index (χ3v) is 2.99. The van der Waals surface area contributed by atoms with Gasteiger partial charge in [0.25, 0.3) is 0 Å². The topological polar surface area (TPSA) is 9.23 Å². The van der Waals surface area contributed by atoms with Crippen molar-refractivity contribution in [2.75, 3.05) is 6.61 Å². The number of halogens is 1. The molecule has 0 amide bonds. The van der Waals surface area contributed by atoms with Crippen molar-refractivity contribution in [1.82, 2.24) is 0 Å². The fourth-order valence-corrected chi connectivity index (χ4v) is 2.32. The second-order valence-corrected chi connectivity index (χ2v) is 3.89. The molecule has 1 nitrogen and oxygen atoms in total. The maximum Gasteiger partial charge on any atom is 0.123 e. The molecule has 0 bridgehead atoms. The van der Waals surface area contributed by atoms with Gasteiger partial charge in [-0.15, -0.1) is 0 Å². The van der Waals surface area contributed by atoms with Crippen molar-refractivity contribution in [3.63, 3.8) is 0 Å². The van der Waals surface area contributed by atoms with Crippen molar-refractivity contribution in [1.29, 1.82) is 0 Å². The van der Waals surface area contributed by atoms with Crippen molar-refractivity contribution in [2.24, 2.45) is 0 Å². The first kappa shape index (κ1) is 10.5. The Labute approximate surface area is 98.2 Å². The third-order valence-electron chi connectivity index (χ3n) is 2.43. The Morgan fingerprint density at radius 2 is 1.93 bits per heavy atom. The molecule has 0 aliphatic rings. The molecule has 0 saturated heterocycles. The van der Waals surface area contributed by atoms with Crippen LogP contribution >= 0.6 is 15.9 Å². The molecule has 0 fully saturated rings. The van der Waals surface area contributed by atoms with Crippen LogP contribution in [-0.2, 0) is 5.33 Å². The smallest absolute Gasteiger partial charge is 0.123 e. The minimum absolute atomic E-state index is 0.707. The van der Waals surface area contributed by atoms with Crippen molar-refractivity contribution >= 4 is 26.7 Å². The Balaban J connectivity index is 2.64. The Bertz CT molecular complexity index is 465. The monoisotopic (exact) mass is 264 g/mol. The van der Waals surface area contributed by atoms with E-state index >= 15 is 0 Å². The minimum Gasteiger partial charge on any atom is -0.494 e. The van der Waals surface area contributed by atoms with Crippen LogP contribution in [0.5, 0.6) is 5.75 Å². The van der Waals surface area contributed by atoms with E-state index in [2.05, 4.69) is 46.3 Å². The predicted molar refractivity (Wildman–Crippen MR) is 67.7 cm³/mol. The van der Waals surface area contributed by atoms with Gasteiger partial charge in [0, 0.05) is 10.9 Å². The summed E-state index contributed by atoms with van der Waals surface area (Å²) < 4.78 is 5.61. The molecule has 2 heteroatoms. The highest BCUT2D eigenvalue weighted by molar-refractivity contribution is 9.08. The predicted octanol–water partition coefficient (Wildman–Crippen LogP) is 4.13. The van der Waals surface area contributed by atoms with E-state index in [1.54, 1.807) is 0 Å². The largest absolute Gasteiger partial charge is 0.494 e. The summed E-state index contributed by atoms with van der Waals surface area (Å²) in [6, 6.07) is 12.5. The number of rotatable bonds is 3. The summed E-state index contributed by atoms with van der Waals surface area (Å²) in [6.07, 6.45) is 0. The van der Waals surface area contributed by atoms with E-state index in [9.17, 15) is 0 Å². The molecule has 15 heavy (non-hydrogen) atoms. The number of hydrogen-bond acceptors (Lipinski definition) is 1. The van der Waals surface area contributed by atoms with Gasteiger partial charge in [0.1, 0.15) is 5.75 Å². The molecule has 0 spiro atoms. The minimum atomic E-state index is 0.707. The first-order valence-electron chi connectivity index (χ1n) is 5.06. The van der Waals surface area contributed by atoms with Gasteiger partial charge in [-0.05, 0) is 23.8 Å². The Morgan fingerprint density at radius 1 is 1.13 bits per heavy atom. The molecular weight excluding hydrogens is 252 g/mol. The number of ether oxygens (including phenoxy) is 1. The molecule has 2 aromatic carbocycles. The normalized spacial score (nSPS) is 10.5. The van der Waals surface area contributed by atoms with Crippen LogP contribution in [0.15, 0.2) is 36.4 Å². The van der Waals surface area contributed by atoms with Crippen LogP contribution in [0, 0.1) is 0 Å². The van der Waals surface area contributed by atoms with E-state index in [1.807, 2.05) is 13.0 Å². The van der Waals surface area contributed by atoms with Crippen LogP contribution in [0.4, 0.5) is 0 Å². The summed E-state index contributed by atoms with van der Waals surface area (Å²) in [6.45, 7) is 2.71. The molecule has 0 heterocycles. The molecule has 78 valence electrons. The van der Waals surface area contributed by atoms with Gasteiger partial charge in [-0.3, -0.25) is 0 Å². The second-order valence-electron chi connectivity index (χ2n) is 3.33. The van der Waals surface area contributed by atoms with Crippen LogP contribution in [-0.4, -0.2) is 6.61 Å². The van der Waals surface area contributed by atoms with E-state index in [0.29, 0.717) is 6.61 Å². The third kappa shape index (κ3) is 2.00. The lowest BCUT2D eigenvalue weighted by Crippen LogP contribution is -1.95. The van der Waals surface area contributed by atoms with Crippen LogP contribution in [0.2, 0.25) is 0 Å². The molecule has 0 saturated carbocycles. The molecule has 0 aliphatic heterocycles. The Hall–Kier alpha value is -1.02. The molecule has 0 aliphatic carbocycles. The number of hydrogen-bond donors (Lipinski definition) is 0. The lowest BCUT2D eigenvalue weighted by molar-refractivity contribution is 0.338. The van der Waals surface area contributed by atoms with Crippen LogP contribution < -0.4 is 4.74 Å². The number of alkyl halides is 1. The van der Waals surface area contributed by atoms with Gasteiger partial charge < -0.3 is 4.74 Å². The quantitative estimate of drug-likeness (QED) is 0.758. The first-order valence-corrected chi connectivity index (χ1v) is 6.18. The molecular formula is C13H13BrO. The van der Waals surface area contributed by atoms with Crippen molar-refractivity contribution in [3.05, 3.63) is 42.0 Å². The molecule has 0 radical (unpaired) electrons.